The Labute approximate surface area is 254 Å². The van der Waals surface area contributed by atoms with Crippen molar-refractivity contribution in [2.45, 2.75) is 150 Å². The summed E-state index contributed by atoms with van der Waals surface area (Å²) in [5.41, 5.74) is 4.80. The minimum atomic E-state index is 0.0837. The van der Waals surface area contributed by atoms with Crippen molar-refractivity contribution in [2.75, 3.05) is 26.2 Å². The second kappa shape index (κ2) is 11.5. The summed E-state index contributed by atoms with van der Waals surface area (Å²) in [6, 6.07) is 0.572. The summed E-state index contributed by atoms with van der Waals surface area (Å²) in [6.45, 7) is 24.7. The number of hydrogen-bond donors (Lipinski definition) is 1. The molecule has 3 saturated heterocycles. The van der Waals surface area contributed by atoms with Gasteiger partial charge >= 0.3 is 0 Å². The van der Waals surface area contributed by atoms with Gasteiger partial charge in [0.05, 0.1) is 11.7 Å². The molecule has 0 aromatic carbocycles. The molecule has 3 heteroatoms. The lowest BCUT2D eigenvalue weighted by atomic mass is 9.44. The molecule has 0 aromatic heterocycles. The lowest BCUT2D eigenvalue weighted by Gasteiger charge is -2.61. The highest BCUT2D eigenvalue weighted by atomic mass is 16.5. The number of piperidine rings is 2. The zero-order valence-electron chi connectivity index (χ0n) is 28.4. The molecule has 6 unspecified atom stereocenters. The van der Waals surface area contributed by atoms with Gasteiger partial charge < -0.3 is 15.0 Å². The third-order valence-corrected chi connectivity index (χ3v) is 14.7. The highest BCUT2D eigenvalue weighted by Gasteiger charge is 2.62. The van der Waals surface area contributed by atoms with Gasteiger partial charge in [-0.15, -0.1) is 0 Å². The van der Waals surface area contributed by atoms with E-state index in [1.54, 1.807) is 5.57 Å². The van der Waals surface area contributed by atoms with E-state index >= 15 is 0 Å². The maximum absolute atomic E-state index is 7.13. The third-order valence-electron chi connectivity index (χ3n) is 14.7. The van der Waals surface area contributed by atoms with Crippen molar-refractivity contribution in [3.05, 3.63) is 11.1 Å². The van der Waals surface area contributed by atoms with Crippen molar-refractivity contribution in [1.29, 1.82) is 0 Å². The highest BCUT2D eigenvalue weighted by molar-refractivity contribution is 5.30. The summed E-state index contributed by atoms with van der Waals surface area (Å²) < 4.78 is 7.13. The summed E-state index contributed by atoms with van der Waals surface area (Å²) in [7, 11) is 0. The molecule has 0 radical (unpaired) electrons. The van der Waals surface area contributed by atoms with Gasteiger partial charge in [-0.3, -0.25) is 0 Å². The van der Waals surface area contributed by atoms with Gasteiger partial charge in [-0.2, -0.15) is 0 Å². The molecule has 6 fully saturated rings. The molecule has 3 heterocycles. The number of ether oxygens (including phenoxy) is 1. The first-order valence-electron chi connectivity index (χ1n) is 18.4. The Morgan fingerprint density at radius 3 is 2.56 bits per heavy atom. The van der Waals surface area contributed by atoms with Crippen molar-refractivity contribution in [3.8, 4) is 0 Å². The van der Waals surface area contributed by atoms with E-state index in [2.05, 4.69) is 51.8 Å². The number of allylic oxidation sites excluding steroid dienone is 1. The molecule has 3 saturated carbocycles. The number of likely N-dealkylation sites (tertiary alicyclic amines) is 1. The van der Waals surface area contributed by atoms with E-state index < -0.39 is 0 Å². The summed E-state index contributed by atoms with van der Waals surface area (Å²) in [5, 5.41) is 3.91. The monoisotopic (exact) mass is 567 g/mol. The van der Waals surface area contributed by atoms with Crippen LogP contribution >= 0.6 is 0 Å². The molecule has 0 aromatic rings. The van der Waals surface area contributed by atoms with Crippen LogP contribution in [-0.2, 0) is 4.74 Å². The maximum Gasteiger partial charge on any atom is 0.0765 e. The Morgan fingerprint density at radius 1 is 0.976 bits per heavy atom. The summed E-state index contributed by atoms with van der Waals surface area (Å²) in [6.07, 6.45) is 17.2. The van der Waals surface area contributed by atoms with E-state index in [9.17, 15) is 0 Å². The highest BCUT2D eigenvalue weighted by Crippen LogP contribution is 2.70. The number of hydrogen-bond acceptors (Lipinski definition) is 3. The smallest absolute Gasteiger partial charge is 0.0765 e. The van der Waals surface area contributed by atoms with E-state index in [4.69, 9.17) is 4.74 Å². The van der Waals surface area contributed by atoms with Gasteiger partial charge in [0.1, 0.15) is 0 Å². The van der Waals surface area contributed by atoms with Gasteiger partial charge in [0.2, 0.25) is 0 Å². The Kier molecular flexibility index (Phi) is 8.61. The molecule has 4 aliphatic carbocycles. The normalized spacial score (nSPS) is 51.7. The second-order valence-electron chi connectivity index (χ2n) is 17.0. The Morgan fingerprint density at radius 2 is 1.78 bits per heavy atom. The van der Waals surface area contributed by atoms with E-state index in [0.717, 1.165) is 35.5 Å². The first kappa shape index (κ1) is 30.6. The molecule has 41 heavy (non-hydrogen) atoms. The molecule has 0 amide bonds. The molecule has 1 N–H and O–H groups in total. The Hall–Kier alpha value is -0.380. The van der Waals surface area contributed by atoms with Gasteiger partial charge in [0, 0.05) is 25.0 Å². The molecule has 12 atom stereocenters. The lowest BCUT2D eigenvalue weighted by Crippen LogP contribution is -2.54. The first-order valence-corrected chi connectivity index (χ1v) is 18.4. The summed E-state index contributed by atoms with van der Waals surface area (Å²) >= 11 is 0. The van der Waals surface area contributed by atoms with Crippen molar-refractivity contribution in [3.63, 3.8) is 0 Å². The predicted molar refractivity (Wildman–Crippen MR) is 173 cm³/mol. The van der Waals surface area contributed by atoms with Crippen LogP contribution in [0.2, 0.25) is 0 Å². The minimum Gasteiger partial charge on any atom is -0.369 e. The number of nitrogens with one attached hydrogen (secondary N) is 1. The van der Waals surface area contributed by atoms with E-state index in [1.165, 1.54) is 103 Å². The average Bonchev–Trinajstić information content (AvgIpc) is 3.40. The SMILES string of the molecule is CC.CC1=C2C[C@H]3C(CCC4(C)CC(CN5CCCC(C)C5)CCC34C)[C@@H]2CCC2(C1)O[C@@H]1C[C@H](C)CN[C@H]1[C@H]2C. The largest absolute Gasteiger partial charge is 0.369 e. The second-order valence-corrected chi connectivity index (χ2v) is 17.0. The number of rotatable bonds is 2. The summed E-state index contributed by atoms with van der Waals surface area (Å²) in [4.78, 5) is 2.84. The molecule has 3 aliphatic heterocycles. The van der Waals surface area contributed by atoms with Crippen LogP contribution in [0.15, 0.2) is 11.1 Å². The fraction of sp³-hybridized carbons (Fsp3) is 0.947. The maximum atomic E-state index is 7.13. The molecule has 1 spiro atoms. The quantitative estimate of drug-likeness (QED) is 0.338. The fourth-order valence-corrected chi connectivity index (χ4v) is 12.3. The van der Waals surface area contributed by atoms with Crippen LogP contribution < -0.4 is 5.32 Å². The van der Waals surface area contributed by atoms with Crippen LogP contribution in [0.4, 0.5) is 0 Å². The minimum absolute atomic E-state index is 0.0837. The van der Waals surface area contributed by atoms with Crippen LogP contribution in [0.25, 0.3) is 0 Å². The first-order chi connectivity index (χ1) is 19.6. The van der Waals surface area contributed by atoms with Gasteiger partial charge in [-0.1, -0.05) is 59.6 Å². The zero-order chi connectivity index (χ0) is 29.2. The average molecular weight is 567 g/mol. The van der Waals surface area contributed by atoms with E-state index in [-0.39, 0.29) is 5.60 Å². The molecule has 3 nitrogen and oxygen atoms in total. The number of fused-ring (bicyclic) bond motifs is 6. The van der Waals surface area contributed by atoms with E-state index in [1.807, 2.05) is 19.4 Å². The zero-order valence-corrected chi connectivity index (χ0v) is 28.4. The van der Waals surface area contributed by atoms with Crippen molar-refractivity contribution in [2.24, 2.45) is 52.3 Å². The number of nitrogens with zero attached hydrogens (tertiary/aromatic N) is 1. The van der Waals surface area contributed by atoms with Crippen LogP contribution in [-0.4, -0.2) is 48.8 Å². The van der Waals surface area contributed by atoms with Gasteiger partial charge in [-0.25, -0.2) is 0 Å². The van der Waals surface area contributed by atoms with Crippen molar-refractivity contribution < 1.29 is 4.74 Å². The topological polar surface area (TPSA) is 24.5 Å². The molecular formula is C38H66N2O. The molecule has 7 rings (SSSR count). The Bertz CT molecular complexity index is 975. The summed E-state index contributed by atoms with van der Waals surface area (Å²) in [5.74, 6) is 5.90. The van der Waals surface area contributed by atoms with Crippen molar-refractivity contribution >= 4 is 0 Å². The molecule has 0 bridgehead atoms. The standard InChI is InChI=1S/C36H60N2O.C2H6/c1-23-8-7-15-38(21-23)22-27-9-13-35(6)31-17-30-25(3)18-36(26(4)33-32(39-36)16-24(2)20-37-33)14-11-28(30)29(31)10-12-34(35,5)19-27;1-2/h23-24,26-29,31-33,37H,7-22H2,1-6H3;1-2H3/t23?,24-,26+,27?,28-,29?,31-,32+,33-,34?,35?,36?;/m0./s1. The van der Waals surface area contributed by atoms with Crippen LogP contribution in [0, 0.1) is 52.3 Å². The third kappa shape index (κ3) is 5.12. The molecule has 7 aliphatic rings. The van der Waals surface area contributed by atoms with Crippen LogP contribution in [0.1, 0.15) is 132 Å². The Balaban J connectivity index is 0.00000148. The van der Waals surface area contributed by atoms with Gasteiger partial charge in [0.25, 0.3) is 0 Å². The van der Waals surface area contributed by atoms with Gasteiger partial charge in [-0.05, 0) is 143 Å². The fourth-order valence-electron chi connectivity index (χ4n) is 12.3. The lowest BCUT2D eigenvalue weighted by molar-refractivity contribution is -0.117. The van der Waals surface area contributed by atoms with Gasteiger partial charge in [0.15, 0.2) is 0 Å². The molecule has 234 valence electrons. The predicted octanol–water partition coefficient (Wildman–Crippen LogP) is 8.88. The van der Waals surface area contributed by atoms with Crippen LogP contribution in [0.3, 0.4) is 0 Å². The van der Waals surface area contributed by atoms with Crippen LogP contribution in [0.5, 0.6) is 0 Å². The molecular weight excluding hydrogens is 500 g/mol. The van der Waals surface area contributed by atoms with Crippen molar-refractivity contribution in [1.82, 2.24) is 10.2 Å². The van der Waals surface area contributed by atoms with E-state index in [0.29, 0.717) is 28.9 Å².